The zero-order valence-corrected chi connectivity index (χ0v) is 11.6. The number of nitrogens with one attached hydrogen (secondary N) is 1. The molecule has 1 aliphatic rings. The van der Waals surface area contributed by atoms with Crippen LogP contribution in [-0.4, -0.2) is 53.6 Å². The fourth-order valence-corrected chi connectivity index (χ4v) is 2.12. The maximum absolute atomic E-state index is 11.9. The van der Waals surface area contributed by atoms with Gasteiger partial charge in [0.2, 0.25) is 11.2 Å². The molecule has 0 unspecified atom stereocenters. The van der Waals surface area contributed by atoms with Crippen LogP contribution in [0.5, 0.6) is 0 Å². The van der Waals surface area contributed by atoms with Crippen LogP contribution in [0.4, 0.5) is 5.82 Å². The SMILES string of the molecule is Cc1cc(NCCC(=O)N2CCOCC2)nc(Cl)n1. The fourth-order valence-electron chi connectivity index (χ4n) is 1.89. The van der Waals surface area contributed by atoms with Gasteiger partial charge in [-0.3, -0.25) is 4.79 Å². The number of halogens is 1. The standard InChI is InChI=1S/C12H17ClN4O2/c1-9-8-10(16-12(13)15-9)14-3-2-11(18)17-4-6-19-7-5-17/h8H,2-7H2,1H3,(H,14,15,16). The van der Waals surface area contributed by atoms with Crippen LogP contribution in [0.3, 0.4) is 0 Å². The number of hydrogen-bond acceptors (Lipinski definition) is 5. The minimum Gasteiger partial charge on any atom is -0.378 e. The molecule has 1 saturated heterocycles. The molecule has 6 nitrogen and oxygen atoms in total. The van der Waals surface area contributed by atoms with Gasteiger partial charge in [-0.2, -0.15) is 0 Å². The lowest BCUT2D eigenvalue weighted by Gasteiger charge is -2.26. The van der Waals surface area contributed by atoms with E-state index in [1.54, 1.807) is 6.07 Å². The van der Waals surface area contributed by atoms with Crippen molar-refractivity contribution in [3.05, 3.63) is 17.0 Å². The second-order valence-corrected chi connectivity index (χ2v) is 4.67. The van der Waals surface area contributed by atoms with Crippen LogP contribution >= 0.6 is 11.6 Å². The fraction of sp³-hybridized carbons (Fsp3) is 0.583. The molecule has 7 heteroatoms. The first-order valence-electron chi connectivity index (χ1n) is 6.26. The zero-order valence-electron chi connectivity index (χ0n) is 10.9. The average molecular weight is 285 g/mol. The summed E-state index contributed by atoms with van der Waals surface area (Å²) in [6.45, 7) is 4.98. The molecule has 1 amide bonds. The number of aromatic nitrogens is 2. The van der Waals surface area contributed by atoms with Gasteiger partial charge in [0.1, 0.15) is 5.82 Å². The topological polar surface area (TPSA) is 67.4 Å². The molecule has 1 N–H and O–H groups in total. The number of anilines is 1. The van der Waals surface area contributed by atoms with Crippen molar-refractivity contribution in [1.29, 1.82) is 0 Å². The molecule has 1 aromatic rings. The van der Waals surface area contributed by atoms with E-state index in [1.165, 1.54) is 0 Å². The molecule has 0 atom stereocenters. The number of nitrogens with zero attached hydrogens (tertiary/aromatic N) is 3. The molecular formula is C12H17ClN4O2. The Kier molecular flexibility index (Phi) is 4.93. The monoisotopic (exact) mass is 284 g/mol. The summed E-state index contributed by atoms with van der Waals surface area (Å²) in [5, 5.41) is 3.29. The van der Waals surface area contributed by atoms with Crippen LogP contribution in [0.1, 0.15) is 12.1 Å². The smallest absolute Gasteiger partial charge is 0.224 e. The Bertz CT molecular complexity index is 429. The number of carbonyl (C=O) groups is 1. The van der Waals surface area contributed by atoms with Crippen LogP contribution in [0.25, 0.3) is 0 Å². The zero-order chi connectivity index (χ0) is 13.7. The highest BCUT2D eigenvalue weighted by atomic mass is 35.5. The quantitative estimate of drug-likeness (QED) is 0.839. The first-order valence-corrected chi connectivity index (χ1v) is 6.63. The molecule has 104 valence electrons. The summed E-state index contributed by atoms with van der Waals surface area (Å²) in [6.07, 6.45) is 0.431. The number of morpholine rings is 1. The lowest BCUT2D eigenvalue weighted by molar-refractivity contribution is -0.134. The number of aryl methyl sites for hydroxylation is 1. The summed E-state index contributed by atoms with van der Waals surface area (Å²) in [5.41, 5.74) is 0.794. The van der Waals surface area contributed by atoms with Gasteiger partial charge < -0.3 is 15.0 Å². The van der Waals surface area contributed by atoms with Gasteiger partial charge in [0.25, 0.3) is 0 Å². The summed E-state index contributed by atoms with van der Waals surface area (Å²) in [6, 6.07) is 1.80. The third-order valence-corrected chi connectivity index (χ3v) is 3.00. The Hall–Kier alpha value is -1.40. The predicted molar refractivity (Wildman–Crippen MR) is 72.3 cm³/mol. The van der Waals surface area contributed by atoms with Crippen molar-refractivity contribution in [1.82, 2.24) is 14.9 Å². The Morgan fingerprint density at radius 2 is 2.21 bits per heavy atom. The summed E-state index contributed by atoms with van der Waals surface area (Å²) < 4.78 is 5.21. The van der Waals surface area contributed by atoms with Crippen molar-refractivity contribution >= 4 is 23.3 Å². The third-order valence-electron chi connectivity index (χ3n) is 2.84. The molecule has 2 heterocycles. The van der Waals surface area contributed by atoms with E-state index in [9.17, 15) is 4.79 Å². The van der Waals surface area contributed by atoms with Crippen molar-refractivity contribution in [2.24, 2.45) is 0 Å². The molecule has 2 rings (SSSR count). The van der Waals surface area contributed by atoms with Crippen LogP contribution < -0.4 is 5.32 Å². The molecule has 0 aliphatic carbocycles. The first kappa shape index (κ1) is 14.0. The molecule has 0 radical (unpaired) electrons. The van der Waals surface area contributed by atoms with Crippen LogP contribution in [0.2, 0.25) is 5.28 Å². The summed E-state index contributed by atoms with van der Waals surface area (Å²) >= 11 is 5.76. The van der Waals surface area contributed by atoms with Crippen LogP contribution in [-0.2, 0) is 9.53 Å². The molecule has 0 spiro atoms. The predicted octanol–water partition coefficient (Wildman–Crippen LogP) is 1.10. The molecular weight excluding hydrogens is 268 g/mol. The van der Waals surface area contributed by atoms with Gasteiger partial charge in [0.05, 0.1) is 13.2 Å². The van der Waals surface area contributed by atoms with Gasteiger partial charge in [0.15, 0.2) is 0 Å². The van der Waals surface area contributed by atoms with Crippen molar-refractivity contribution in [3.8, 4) is 0 Å². The number of amides is 1. The highest BCUT2D eigenvalue weighted by Crippen LogP contribution is 2.09. The van der Waals surface area contributed by atoms with Crippen LogP contribution in [0.15, 0.2) is 6.07 Å². The Balaban J connectivity index is 1.77. The summed E-state index contributed by atoms with van der Waals surface area (Å²) in [4.78, 5) is 21.7. The number of carbonyl (C=O) groups excluding carboxylic acids is 1. The lowest BCUT2D eigenvalue weighted by atomic mass is 10.3. The second-order valence-electron chi connectivity index (χ2n) is 4.33. The van der Waals surface area contributed by atoms with E-state index < -0.39 is 0 Å². The third kappa shape index (κ3) is 4.33. The van der Waals surface area contributed by atoms with Crippen molar-refractivity contribution in [3.63, 3.8) is 0 Å². The highest BCUT2D eigenvalue weighted by Gasteiger charge is 2.16. The number of hydrogen-bond donors (Lipinski definition) is 1. The van der Waals surface area contributed by atoms with Crippen molar-refractivity contribution in [2.75, 3.05) is 38.2 Å². The van der Waals surface area contributed by atoms with Gasteiger partial charge in [-0.1, -0.05) is 0 Å². The van der Waals surface area contributed by atoms with E-state index in [0.717, 1.165) is 5.69 Å². The van der Waals surface area contributed by atoms with Gasteiger partial charge >= 0.3 is 0 Å². The van der Waals surface area contributed by atoms with Crippen molar-refractivity contribution < 1.29 is 9.53 Å². The van der Waals surface area contributed by atoms with E-state index in [2.05, 4.69) is 15.3 Å². The molecule has 0 aromatic carbocycles. The van der Waals surface area contributed by atoms with E-state index in [4.69, 9.17) is 16.3 Å². The van der Waals surface area contributed by atoms with E-state index in [-0.39, 0.29) is 11.2 Å². The largest absolute Gasteiger partial charge is 0.378 e. The number of ether oxygens (including phenoxy) is 1. The van der Waals surface area contributed by atoms with E-state index >= 15 is 0 Å². The molecule has 0 bridgehead atoms. The first-order chi connectivity index (χ1) is 9.15. The van der Waals surface area contributed by atoms with Gasteiger partial charge in [0, 0.05) is 37.8 Å². The lowest BCUT2D eigenvalue weighted by Crippen LogP contribution is -2.41. The van der Waals surface area contributed by atoms with Gasteiger partial charge in [-0.05, 0) is 18.5 Å². The second kappa shape index (κ2) is 6.68. The van der Waals surface area contributed by atoms with E-state index in [0.29, 0.717) is 45.1 Å². The summed E-state index contributed by atoms with van der Waals surface area (Å²) in [7, 11) is 0. The average Bonchev–Trinajstić information content (AvgIpc) is 2.38. The number of rotatable bonds is 4. The van der Waals surface area contributed by atoms with Crippen molar-refractivity contribution in [2.45, 2.75) is 13.3 Å². The van der Waals surface area contributed by atoms with Gasteiger partial charge in [-0.25, -0.2) is 9.97 Å². The van der Waals surface area contributed by atoms with Gasteiger partial charge in [-0.15, -0.1) is 0 Å². The molecule has 1 aromatic heterocycles. The maximum Gasteiger partial charge on any atom is 0.224 e. The molecule has 1 fully saturated rings. The normalized spacial score (nSPS) is 15.4. The molecule has 19 heavy (non-hydrogen) atoms. The molecule has 0 saturated carbocycles. The van der Waals surface area contributed by atoms with E-state index in [1.807, 2.05) is 11.8 Å². The Morgan fingerprint density at radius 1 is 1.47 bits per heavy atom. The minimum atomic E-state index is 0.132. The highest BCUT2D eigenvalue weighted by molar-refractivity contribution is 6.28. The van der Waals surface area contributed by atoms with Crippen LogP contribution in [0, 0.1) is 6.92 Å². The molecule has 1 aliphatic heterocycles. The summed E-state index contributed by atoms with van der Waals surface area (Å²) in [5.74, 6) is 0.778. The Labute approximate surface area is 117 Å². The maximum atomic E-state index is 11.9. The Morgan fingerprint density at radius 3 is 2.89 bits per heavy atom. The minimum absolute atomic E-state index is 0.132.